The summed E-state index contributed by atoms with van der Waals surface area (Å²) in [5.74, 6) is 0.276. The first kappa shape index (κ1) is 16.8. The Hall–Kier alpha value is -3.63. The number of ether oxygens (including phenoxy) is 1. The zero-order valence-electron chi connectivity index (χ0n) is 14.1. The summed E-state index contributed by atoms with van der Waals surface area (Å²) >= 11 is 1.57. The summed E-state index contributed by atoms with van der Waals surface area (Å²) in [6.45, 7) is -0.115. The van der Waals surface area contributed by atoms with Crippen LogP contribution in [0.2, 0.25) is 0 Å². The van der Waals surface area contributed by atoms with Gasteiger partial charge in [0.05, 0.1) is 17.3 Å². The average molecular weight is 374 g/mol. The molecule has 0 unspecified atom stereocenters. The van der Waals surface area contributed by atoms with Crippen molar-refractivity contribution in [3.63, 3.8) is 0 Å². The minimum atomic E-state index is -0.262. The smallest absolute Gasteiger partial charge is 0.262 e. The number of hydrogen-bond donors (Lipinski definition) is 1. The van der Waals surface area contributed by atoms with Crippen molar-refractivity contribution in [3.05, 3.63) is 71.9 Å². The summed E-state index contributed by atoms with van der Waals surface area (Å²) in [5.41, 5.74) is 3.00. The van der Waals surface area contributed by atoms with E-state index in [9.17, 15) is 4.79 Å². The maximum atomic E-state index is 12.1. The first-order chi connectivity index (χ1) is 13.2. The van der Waals surface area contributed by atoms with Crippen molar-refractivity contribution >= 4 is 27.9 Å². The molecule has 4 rings (SSSR count). The predicted octanol–water partition coefficient (Wildman–Crippen LogP) is 3.95. The third-order valence-corrected chi connectivity index (χ3v) is 4.66. The van der Waals surface area contributed by atoms with E-state index in [0.717, 1.165) is 16.2 Å². The number of nitrogens with zero attached hydrogens (tertiary/aromatic N) is 3. The van der Waals surface area contributed by atoms with E-state index in [1.165, 1.54) is 0 Å². The molecule has 0 saturated heterocycles. The van der Waals surface area contributed by atoms with Crippen molar-refractivity contribution in [1.82, 2.24) is 9.38 Å². The second-order valence-electron chi connectivity index (χ2n) is 5.77. The highest BCUT2D eigenvalue weighted by molar-refractivity contribution is 7.15. The van der Waals surface area contributed by atoms with Crippen LogP contribution in [-0.2, 0) is 4.79 Å². The number of carbonyl (C=O) groups is 1. The van der Waals surface area contributed by atoms with Gasteiger partial charge in [-0.15, -0.1) is 11.3 Å². The molecule has 132 valence electrons. The first-order valence-electron chi connectivity index (χ1n) is 8.17. The standard InChI is InChI=1S/C20H14N4O2S/c21-11-14-4-6-17(7-5-14)26-13-19(25)22-16-3-1-2-15(10-16)18-12-24-8-9-27-20(24)23-18/h1-10,12H,13H2,(H,22,25). The van der Waals surface area contributed by atoms with E-state index in [-0.39, 0.29) is 12.5 Å². The maximum absolute atomic E-state index is 12.1. The van der Waals surface area contributed by atoms with Crippen LogP contribution in [0.25, 0.3) is 16.2 Å². The molecule has 2 heterocycles. The fraction of sp³-hybridized carbons (Fsp3) is 0.0500. The van der Waals surface area contributed by atoms with Crippen LogP contribution in [0.15, 0.2) is 66.3 Å². The molecule has 27 heavy (non-hydrogen) atoms. The monoisotopic (exact) mass is 374 g/mol. The highest BCUT2D eigenvalue weighted by Gasteiger charge is 2.08. The van der Waals surface area contributed by atoms with Crippen LogP contribution in [0.1, 0.15) is 5.56 Å². The Balaban J connectivity index is 1.40. The van der Waals surface area contributed by atoms with Crippen LogP contribution in [0.3, 0.4) is 0 Å². The third kappa shape index (κ3) is 3.81. The Morgan fingerprint density at radius 1 is 1.26 bits per heavy atom. The van der Waals surface area contributed by atoms with Crippen LogP contribution in [0, 0.1) is 11.3 Å². The number of rotatable bonds is 5. The number of thiazole rings is 1. The molecule has 0 radical (unpaired) electrons. The van der Waals surface area contributed by atoms with Gasteiger partial charge in [0.15, 0.2) is 11.6 Å². The molecule has 0 bridgehead atoms. The van der Waals surface area contributed by atoms with Gasteiger partial charge in [0, 0.05) is 29.0 Å². The third-order valence-electron chi connectivity index (χ3n) is 3.89. The van der Waals surface area contributed by atoms with E-state index in [2.05, 4.69) is 10.3 Å². The van der Waals surface area contributed by atoms with Gasteiger partial charge in [0.25, 0.3) is 5.91 Å². The summed E-state index contributed by atoms with van der Waals surface area (Å²) in [6.07, 6.45) is 3.92. The SMILES string of the molecule is N#Cc1ccc(OCC(=O)Nc2cccc(-c3cn4ccsc4n3)c2)cc1. The van der Waals surface area contributed by atoms with E-state index in [0.29, 0.717) is 17.0 Å². The topological polar surface area (TPSA) is 79.4 Å². The predicted molar refractivity (Wildman–Crippen MR) is 104 cm³/mol. The Kier molecular flexibility index (Phi) is 4.56. The molecule has 1 N–H and O–H groups in total. The van der Waals surface area contributed by atoms with Crippen LogP contribution in [-0.4, -0.2) is 21.9 Å². The molecule has 0 aliphatic rings. The van der Waals surface area contributed by atoms with Crippen molar-refractivity contribution in [2.45, 2.75) is 0 Å². The fourth-order valence-electron chi connectivity index (χ4n) is 2.59. The molecule has 0 saturated carbocycles. The Labute approximate surface area is 159 Å². The van der Waals surface area contributed by atoms with Crippen molar-refractivity contribution in [3.8, 4) is 23.1 Å². The number of amides is 1. The number of imidazole rings is 1. The quantitative estimate of drug-likeness (QED) is 0.574. The Morgan fingerprint density at radius 3 is 2.89 bits per heavy atom. The molecule has 0 atom stereocenters. The molecule has 2 aromatic heterocycles. The second-order valence-corrected chi connectivity index (χ2v) is 6.65. The van der Waals surface area contributed by atoms with Crippen LogP contribution >= 0.6 is 11.3 Å². The van der Waals surface area contributed by atoms with Crippen molar-refractivity contribution < 1.29 is 9.53 Å². The molecule has 6 nitrogen and oxygen atoms in total. The molecule has 1 amide bonds. The number of anilines is 1. The van der Waals surface area contributed by atoms with Crippen molar-refractivity contribution in [1.29, 1.82) is 5.26 Å². The lowest BCUT2D eigenvalue weighted by atomic mass is 10.1. The van der Waals surface area contributed by atoms with E-state index in [4.69, 9.17) is 10.00 Å². The Morgan fingerprint density at radius 2 is 2.11 bits per heavy atom. The molecule has 2 aromatic carbocycles. The first-order valence-corrected chi connectivity index (χ1v) is 9.05. The highest BCUT2D eigenvalue weighted by Crippen LogP contribution is 2.24. The summed E-state index contributed by atoms with van der Waals surface area (Å²) in [5, 5.41) is 13.6. The highest BCUT2D eigenvalue weighted by atomic mass is 32.1. The van der Waals surface area contributed by atoms with Gasteiger partial charge in [-0.3, -0.25) is 9.20 Å². The molecule has 0 aliphatic carbocycles. The van der Waals surface area contributed by atoms with Gasteiger partial charge in [-0.25, -0.2) is 4.98 Å². The molecule has 7 heteroatoms. The summed E-state index contributed by atoms with van der Waals surface area (Å²) in [4.78, 5) is 17.7. The lowest BCUT2D eigenvalue weighted by molar-refractivity contribution is -0.118. The molecular formula is C20H14N4O2S. The van der Waals surface area contributed by atoms with E-state index in [1.54, 1.807) is 35.6 Å². The molecule has 0 aliphatic heterocycles. The lowest BCUT2D eigenvalue weighted by Gasteiger charge is -2.08. The number of nitriles is 1. The molecule has 4 aromatic rings. The normalized spacial score (nSPS) is 10.5. The fourth-order valence-corrected chi connectivity index (χ4v) is 3.29. The zero-order chi connectivity index (χ0) is 18.6. The van der Waals surface area contributed by atoms with Crippen LogP contribution < -0.4 is 10.1 Å². The van der Waals surface area contributed by atoms with E-state index in [1.807, 2.05) is 52.5 Å². The minimum Gasteiger partial charge on any atom is -0.484 e. The van der Waals surface area contributed by atoms with E-state index >= 15 is 0 Å². The van der Waals surface area contributed by atoms with Gasteiger partial charge in [0.2, 0.25) is 0 Å². The number of hydrogen-bond acceptors (Lipinski definition) is 5. The Bertz CT molecular complexity index is 1110. The van der Waals surface area contributed by atoms with Gasteiger partial charge >= 0.3 is 0 Å². The molecular weight excluding hydrogens is 360 g/mol. The van der Waals surface area contributed by atoms with Crippen LogP contribution in [0.4, 0.5) is 5.69 Å². The van der Waals surface area contributed by atoms with Crippen molar-refractivity contribution in [2.24, 2.45) is 0 Å². The summed E-state index contributed by atoms with van der Waals surface area (Å²) in [7, 11) is 0. The minimum absolute atomic E-state index is 0.115. The van der Waals surface area contributed by atoms with Gasteiger partial charge in [-0.1, -0.05) is 12.1 Å². The number of carbonyl (C=O) groups excluding carboxylic acids is 1. The largest absolute Gasteiger partial charge is 0.484 e. The van der Waals surface area contributed by atoms with E-state index < -0.39 is 0 Å². The summed E-state index contributed by atoms with van der Waals surface area (Å²) in [6, 6.07) is 16.2. The van der Waals surface area contributed by atoms with Crippen LogP contribution in [0.5, 0.6) is 5.75 Å². The zero-order valence-corrected chi connectivity index (χ0v) is 14.9. The lowest BCUT2D eigenvalue weighted by Crippen LogP contribution is -2.20. The van der Waals surface area contributed by atoms with Gasteiger partial charge in [-0.2, -0.15) is 5.26 Å². The van der Waals surface area contributed by atoms with Gasteiger partial charge in [0.1, 0.15) is 5.75 Å². The maximum Gasteiger partial charge on any atom is 0.262 e. The number of nitrogens with one attached hydrogen (secondary N) is 1. The number of aromatic nitrogens is 2. The molecule has 0 spiro atoms. The van der Waals surface area contributed by atoms with Crippen molar-refractivity contribution in [2.75, 3.05) is 11.9 Å². The second kappa shape index (κ2) is 7.32. The van der Waals surface area contributed by atoms with Gasteiger partial charge in [-0.05, 0) is 36.4 Å². The summed E-state index contributed by atoms with van der Waals surface area (Å²) < 4.78 is 7.42. The number of fused-ring (bicyclic) bond motifs is 1. The number of benzene rings is 2. The average Bonchev–Trinajstić information content (AvgIpc) is 3.29. The van der Waals surface area contributed by atoms with Gasteiger partial charge < -0.3 is 10.1 Å². The molecule has 0 fully saturated rings.